The minimum atomic E-state index is -1.70. The summed E-state index contributed by atoms with van der Waals surface area (Å²) in [5.41, 5.74) is 0. The number of methoxy groups -OCH3 is 1. The van der Waals surface area contributed by atoms with E-state index < -0.39 is 36.9 Å². The molecule has 0 aromatic rings. The Morgan fingerprint density at radius 1 is 1.05 bits per heavy atom. The van der Waals surface area contributed by atoms with Crippen molar-refractivity contribution in [3.63, 3.8) is 0 Å². The fourth-order valence-electron chi connectivity index (χ4n) is 1.25. The van der Waals surface area contributed by atoms with Gasteiger partial charge in [-0.25, -0.2) is 4.79 Å². The molecule has 0 aliphatic heterocycles. The molecule has 2 atom stereocenters. The van der Waals surface area contributed by atoms with Gasteiger partial charge in [0.05, 0.1) is 26.9 Å². The zero-order chi connectivity index (χ0) is 17.0. The first-order chi connectivity index (χ1) is 10.5. The van der Waals surface area contributed by atoms with Crippen LogP contribution in [0.1, 0.15) is 20.3 Å². The fourth-order valence-corrected chi connectivity index (χ4v) is 1.25. The van der Waals surface area contributed by atoms with E-state index in [4.69, 9.17) is 14.2 Å². The van der Waals surface area contributed by atoms with E-state index in [-0.39, 0.29) is 19.8 Å². The van der Waals surface area contributed by atoms with Crippen LogP contribution in [0.15, 0.2) is 0 Å². The summed E-state index contributed by atoms with van der Waals surface area (Å²) < 4.78 is 23.4. The number of hydrogen-bond acceptors (Lipinski definition) is 9. The van der Waals surface area contributed by atoms with Gasteiger partial charge in [-0.2, -0.15) is 0 Å². The van der Waals surface area contributed by atoms with E-state index in [1.54, 1.807) is 6.92 Å². The van der Waals surface area contributed by atoms with Crippen LogP contribution in [0.5, 0.6) is 0 Å². The van der Waals surface area contributed by atoms with Crippen LogP contribution in [0.3, 0.4) is 0 Å². The van der Waals surface area contributed by atoms with Gasteiger partial charge in [-0.1, -0.05) is 6.92 Å². The number of esters is 3. The molecule has 0 amide bonds. The van der Waals surface area contributed by atoms with Gasteiger partial charge in [0.1, 0.15) is 0 Å². The number of aliphatic hydroxyl groups is 1. The maximum absolute atomic E-state index is 11.5. The largest absolute Gasteiger partial charge is 0.468 e. The van der Waals surface area contributed by atoms with E-state index in [9.17, 15) is 19.5 Å². The van der Waals surface area contributed by atoms with Crippen LogP contribution in [-0.2, 0) is 38.1 Å². The molecular formula is C13H22O9. The molecule has 22 heavy (non-hydrogen) atoms. The molecule has 0 saturated carbocycles. The Hall–Kier alpha value is -1.71. The van der Waals surface area contributed by atoms with Crippen molar-refractivity contribution in [2.75, 3.05) is 33.7 Å². The summed E-state index contributed by atoms with van der Waals surface area (Å²) in [7, 11) is 1.12. The van der Waals surface area contributed by atoms with Crippen molar-refractivity contribution in [2.45, 2.75) is 26.6 Å². The SMILES string of the molecule is CCCOC(O)C(=O)OCOCC(C(=O)OC)C(=O)OCC. The third kappa shape index (κ3) is 7.91. The summed E-state index contributed by atoms with van der Waals surface area (Å²) in [6.07, 6.45) is -1.08. The Morgan fingerprint density at radius 3 is 2.27 bits per heavy atom. The second-order valence-electron chi connectivity index (χ2n) is 4.00. The predicted octanol–water partition coefficient (Wildman–Crippen LogP) is -0.399. The fraction of sp³-hybridized carbons (Fsp3) is 0.769. The second-order valence-corrected chi connectivity index (χ2v) is 4.00. The number of hydrogen-bond donors (Lipinski definition) is 1. The number of ether oxygens (including phenoxy) is 5. The first-order valence-electron chi connectivity index (χ1n) is 6.76. The first-order valence-corrected chi connectivity index (χ1v) is 6.76. The van der Waals surface area contributed by atoms with Crippen LogP contribution >= 0.6 is 0 Å². The maximum atomic E-state index is 11.5. The van der Waals surface area contributed by atoms with Crippen molar-refractivity contribution >= 4 is 17.9 Å². The van der Waals surface area contributed by atoms with Gasteiger partial charge >= 0.3 is 17.9 Å². The van der Waals surface area contributed by atoms with Crippen LogP contribution < -0.4 is 0 Å². The molecule has 0 radical (unpaired) electrons. The highest BCUT2D eigenvalue weighted by molar-refractivity contribution is 5.95. The van der Waals surface area contributed by atoms with Crippen molar-refractivity contribution in [1.82, 2.24) is 0 Å². The van der Waals surface area contributed by atoms with Gasteiger partial charge in [0, 0.05) is 0 Å². The summed E-state index contributed by atoms with van der Waals surface area (Å²) in [5.74, 6) is -3.92. The molecule has 0 bridgehead atoms. The van der Waals surface area contributed by atoms with Crippen LogP contribution in [0.4, 0.5) is 0 Å². The topological polar surface area (TPSA) is 118 Å². The van der Waals surface area contributed by atoms with E-state index in [2.05, 4.69) is 9.47 Å². The predicted molar refractivity (Wildman–Crippen MR) is 71.3 cm³/mol. The molecule has 0 aliphatic rings. The monoisotopic (exact) mass is 322 g/mol. The van der Waals surface area contributed by atoms with Gasteiger partial charge in [0.15, 0.2) is 12.7 Å². The third-order valence-corrected chi connectivity index (χ3v) is 2.31. The van der Waals surface area contributed by atoms with Crippen LogP contribution in [0.25, 0.3) is 0 Å². The summed E-state index contributed by atoms with van der Waals surface area (Å²) >= 11 is 0. The second kappa shape index (κ2) is 11.9. The number of aliphatic hydroxyl groups excluding tert-OH is 1. The minimum absolute atomic E-state index is 0.0995. The highest BCUT2D eigenvalue weighted by atomic mass is 16.7. The number of rotatable bonds is 11. The van der Waals surface area contributed by atoms with Gasteiger partial charge in [0.2, 0.25) is 0 Å². The Balaban J connectivity index is 4.15. The molecule has 0 aromatic heterocycles. The molecule has 9 nitrogen and oxygen atoms in total. The Labute approximate surface area is 128 Å². The molecular weight excluding hydrogens is 300 g/mol. The van der Waals surface area contributed by atoms with E-state index >= 15 is 0 Å². The number of carbonyl (C=O) groups is 3. The lowest BCUT2D eigenvalue weighted by molar-refractivity contribution is -0.195. The Morgan fingerprint density at radius 2 is 1.73 bits per heavy atom. The lowest BCUT2D eigenvalue weighted by atomic mass is 10.2. The zero-order valence-corrected chi connectivity index (χ0v) is 12.9. The molecule has 9 heteroatoms. The van der Waals surface area contributed by atoms with Gasteiger partial charge < -0.3 is 28.8 Å². The maximum Gasteiger partial charge on any atom is 0.365 e. The highest BCUT2D eigenvalue weighted by Crippen LogP contribution is 2.04. The smallest absolute Gasteiger partial charge is 0.365 e. The normalized spacial score (nSPS) is 13.1. The Bertz CT molecular complexity index is 355. The van der Waals surface area contributed by atoms with Gasteiger partial charge in [0.25, 0.3) is 6.29 Å². The van der Waals surface area contributed by atoms with E-state index in [0.717, 1.165) is 7.11 Å². The first kappa shape index (κ1) is 20.3. The molecule has 0 spiro atoms. The third-order valence-electron chi connectivity index (χ3n) is 2.31. The molecule has 0 fully saturated rings. The number of carbonyl (C=O) groups excluding carboxylic acids is 3. The summed E-state index contributed by atoms with van der Waals surface area (Å²) in [6, 6.07) is 0. The van der Waals surface area contributed by atoms with Crippen LogP contribution in [0, 0.1) is 5.92 Å². The van der Waals surface area contributed by atoms with Crippen molar-refractivity contribution in [3.8, 4) is 0 Å². The van der Waals surface area contributed by atoms with Crippen molar-refractivity contribution in [3.05, 3.63) is 0 Å². The van der Waals surface area contributed by atoms with Gasteiger partial charge in [-0.15, -0.1) is 0 Å². The molecule has 1 N–H and O–H groups in total. The van der Waals surface area contributed by atoms with Crippen LogP contribution in [-0.4, -0.2) is 63.0 Å². The lowest BCUT2D eigenvalue weighted by Crippen LogP contribution is -2.32. The van der Waals surface area contributed by atoms with E-state index in [1.807, 2.05) is 6.92 Å². The standard InChI is InChI=1S/C13H22O9/c1-4-6-21-12(16)13(17)22-8-19-7-9(10(14)18-3)11(15)20-5-2/h9,12,16H,4-8H2,1-3H3. The highest BCUT2D eigenvalue weighted by Gasteiger charge is 2.29. The lowest BCUT2D eigenvalue weighted by Gasteiger charge is -2.14. The van der Waals surface area contributed by atoms with E-state index in [1.165, 1.54) is 0 Å². The van der Waals surface area contributed by atoms with Crippen molar-refractivity contribution in [2.24, 2.45) is 5.92 Å². The van der Waals surface area contributed by atoms with E-state index in [0.29, 0.717) is 6.42 Å². The minimum Gasteiger partial charge on any atom is -0.468 e. The molecule has 0 saturated heterocycles. The Kier molecular flexibility index (Phi) is 11.0. The molecule has 128 valence electrons. The summed E-state index contributed by atoms with van der Waals surface area (Å²) in [4.78, 5) is 34.2. The quantitative estimate of drug-likeness (QED) is 0.178. The van der Waals surface area contributed by atoms with Crippen LogP contribution in [0.2, 0.25) is 0 Å². The van der Waals surface area contributed by atoms with Gasteiger partial charge in [-0.05, 0) is 13.3 Å². The van der Waals surface area contributed by atoms with Gasteiger partial charge in [-0.3, -0.25) is 9.59 Å². The molecule has 0 rings (SSSR count). The molecule has 0 heterocycles. The summed E-state index contributed by atoms with van der Waals surface area (Å²) in [5, 5.41) is 9.24. The summed E-state index contributed by atoms with van der Waals surface area (Å²) in [6.45, 7) is 2.76. The zero-order valence-electron chi connectivity index (χ0n) is 12.9. The van der Waals surface area contributed by atoms with Crippen molar-refractivity contribution in [1.29, 1.82) is 0 Å². The molecule has 2 unspecified atom stereocenters. The average Bonchev–Trinajstić information content (AvgIpc) is 2.51. The molecule has 0 aliphatic carbocycles. The van der Waals surface area contributed by atoms with Crippen molar-refractivity contribution < 1.29 is 43.2 Å². The average molecular weight is 322 g/mol. The molecule has 0 aromatic carbocycles.